The van der Waals surface area contributed by atoms with Crippen LogP contribution in [0.4, 0.5) is 0 Å². The maximum atomic E-state index is 11.5. The van der Waals surface area contributed by atoms with Crippen LogP contribution in [-0.2, 0) is 14.3 Å². The van der Waals surface area contributed by atoms with Gasteiger partial charge in [0, 0.05) is 25.5 Å². The highest BCUT2D eigenvalue weighted by Gasteiger charge is 2.22. The molecule has 1 fully saturated rings. The van der Waals surface area contributed by atoms with Crippen molar-refractivity contribution in [1.29, 1.82) is 0 Å². The van der Waals surface area contributed by atoms with Gasteiger partial charge < -0.3 is 15.8 Å². The smallest absolute Gasteiger partial charge is 0.220 e. The van der Waals surface area contributed by atoms with Crippen molar-refractivity contribution in [2.75, 3.05) is 6.61 Å². The first-order valence-electron chi connectivity index (χ1n) is 7.31. The number of carbonyl (C=O) groups excluding carboxylic acids is 2. The van der Waals surface area contributed by atoms with Crippen LogP contribution in [0.5, 0.6) is 0 Å². The van der Waals surface area contributed by atoms with E-state index in [1.807, 2.05) is 6.92 Å². The van der Waals surface area contributed by atoms with Gasteiger partial charge in [-0.05, 0) is 38.5 Å². The minimum absolute atomic E-state index is 0.160. The highest BCUT2D eigenvalue weighted by atomic mass is 16.5. The van der Waals surface area contributed by atoms with Gasteiger partial charge in [0.2, 0.25) is 11.8 Å². The predicted molar refractivity (Wildman–Crippen MR) is 73.5 cm³/mol. The van der Waals surface area contributed by atoms with Gasteiger partial charge in [-0.3, -0.25) is 9.59 Å². The number of ether oxygens (including phenoxy) is 1. The van der Waals surface area contributed by atoms with Crippen LogP contribution in [0.15, 0.2) is 0 Å². The fourth-order valence-electron chi connectivity index (χ4n) is 2.40. The van der Waals surface area contributed by atoms with E-state index in [1.165, 1.54) is 0 Å². The van der Waals surface area contributed by atoms with E-state index >= 15 is 0 Å². The highest BCUT2D eigenvalue weighted by Crippen LogP contribution is 2.21. The largest absolute Gasteiger partial charge is 0.378 e. The van der Waals surface area contributed by atoms with Crippen molar-refractivity contribution in [3.05, 3.63) is 0 Å². The quantitative estimate of drug-likeness (QED) is 0.656. The monoisotopic (exact) mass is 270 g/mol. The van der Waals surface area contributed by atoms with E-state index in [1.54, 1.807) is 0 Å². The average Bonchev–Trinajstić information content (AvgIpc) is 2.36. The number of carbonyl (C=O) groups is 2. The van der Waals surface area contributed by atoms with Gasteiger partial charge in [0.25, 0.3) is 0 Å². The lowest BCUT2D eigenvalue weighted by Gasteiger charge is -2.29. The molecule has 19 heavy (non-hydrogen) atoms. The van der Waals surface area contributed by atoms with Gasteiger partial charge in [-0.25, -0.2) is 0 Å². The maximum Gasteiger partial charge on any atom is 0.220 e. The lowest BCUT2D eigenvalue weighted by atomic mass is 9.93. The summed E-state index contributed by atoms with van der Waals surface area (Å²) in [5, 5.41) is 3.07. The zero-order valence-electron chi connectivity index (χ0n) is 11.8. The molecular weight excluding hydrogens is 244 g/mol. The summed E-state index contributed by atoms with van der Waals surface area (Å²) in [5.41, 5.74) is 5.07. The lowest BCUT2D eigenvalue weighted by Crippen LogP contribution is -2.39. The van der Waals surface area contributed by atoms with Crippen LogP contribution >= 0.6 is 0 Å². The van der Waals surface area contributed by atoms with Crippen LogP contribution < -0.4 is 11.1 Å². The number of hydrogen-bond donors (Lipinski definition) is 2. The Morgan fingerprint density at radius 1 is 1.21 bits per heavy atom. The van der Waals surface area contributed by atoms with Crippen molar-refractivity contribution in [3.8, 4) is 0 Å². The molecule has 5 heteroatoms. The lowest BCUT2D eigenvalue weighted by molar-refractivity contribution is -0.122. The third kappa shape index (κ3) is 7.15. The maximum absolute atomic E-state index is 11.5. The fourth-order valence-corrected chi connectivity index (χ4v) is 2.40. The molecule has 0 heterocycles. The second-order valence-corrected chi connectivity index (χ2v) is 5.23. The molecule has 0 bridgehead atoms. The Bertz CT molecular complexity index is 286. The number of nitrogens with one attached hydrogen (secondary N) is 1. The van der Waals surface area contributed by atoms with Crippen molar-refractivity contribution in [3.63, 3.8) is 0 Å². The molecule has 110 valence electrons. The van der Waals surface area contributed by atoms with Gasteiger partial charge in [0.1, 0.15) is 0 Å². The van der Waals surface area contributed by atoms with E-state index in [2.05, 4.69) is 5.32 Å². The Labute approximate surface area is 115 Å². The Morgan fingerprint density at radius 2 is 1.89 bits per heavy atom. The molecular formula is C14H26N2O3. The summed E-state index contributed by atoms with van der Waals surface area (Å²) < 4.78 is 5.71. The molecule has 0 atom stereocenters. The summed E-state index contributed by atoms with van der Waals surface area (Å²) in [4.78, 5) is 22.1. The predicted octanol–water partition coefficient (Wildman–Crippen LogP) is 1.50. The van der Waals surface area contributed by atoms with Crippen molar-refractivity contribution in [2.45, 2.75) is 70.4 Å². The zero-order valence-corrected chi connectivity index (χ0v) is 11.8. The third-order valence-electron chi connectivity index (χ3n) is 3.44. The number of primary amides is 1. The second-order valence-electron chi connectivity index (χ2n) is 5.23. The molecule has 2 amide bonds. The molecule has 1 aliphatic rings. The average molecular weight is 270 g/mol. The summed E-state index contributed by atoms with van der Waals surface area (Å²) in [6, 6.07) is 0.310. The number of rotatable bonds is 8. The van der Waals surface area contributed by atoms with E-state index < -0.39 is 0 Å². The number of amides is 2. The first kappa shape index (κ1) is 16.0. The molecule has 3 N–H and O–H groups in total. The number of hydrogen-bond acceptors (Lipinski definition) is 3. The summed E-state index contributed by atoms with van der Waals surface area (Å²) in [6.45, 7) is 2.61. The zero-order chi connectivity index (χ0) is 14.1. The molecule has 0 aromatic heterocycles. The minimum atomic E-state index is -0.272. The Hall–Kier alpha value is -1.10. The molecule has 0 spiro atoms. The van der Waals surface area contributed by atoms with Gasteiger partial charge in [0.05, 0.1) is 6.10 Å². The summed E-state index contributed by atoms with van der Waals surface area (Å²) in [6.07, 6.45) is 6.79. The molecule has 0 unspecified atom stereocenters. The van der Waals surface area contributed by atoms with Crippen molar-refractivity contribution < 1.29 is 14.3 Å². The molecule has 1 aliphatic carbocycles. The second kappa shape index (κ2) is 8.91. The van der Waals surface area contributed by atoms with Gasteiger partial charge in [-0.1, -0.05) is 6.92 Å². The first-order chi connectivity index (χ1) is 9.11. The van der Waals surface area contributed by atoms with Gasteiger partial charge in [0.15, 0.2) is 0 Å². The van der Waals surface area contributed by atoms with Gasteiger partial charge >= 0.3 is 0 Å². The number of nitrogens with two attached hydrogens (primary N) is 1. The van der Waals surface area contributed by atoms with Crippen LogP contribution in [0, 0.1) is 0 Å². The van der Waals surface area contributed by atoms with Crippen molar-refractivity contribution in [1.82, 2.24) is 5.32 Å². The van der Waals surface area contributed by atoms with Crippen molar-refractivity contribution in [2.24, 2.45) is 5.73 Å². The topological polar surface area (TPSA) is 81.4 Å². The van der Waals surface area contributed by atoms with Crippen LogP contribution in [-0.4, -0.2) is 30.6 Å². The van der Waals surface area contributed by atoms with E-state index in [0.29, 0.717) is 31.9 Å². The van der Waals surface area contributed by atoms with E-state index in [9.17, 15) is 9.59 Å². The molecule has 5 nitrogen and oxygen atoms in total. The molecule has 0 aliphatic heterocycles. The standard InChI is InChI=1S/C14H26N2O3/c1-2-4-14(18)16-11-6-8-12(9-7-11)19-10-3-5-13(15)17/h11-12H,2-10H2,1H3,(H2,15,17)(H,16,18). The van der Waals surface area contributed by atoms with Gasteiger partial charge in [-0.15, -0.1) is 0 Å². The van der Waals surface area contributed by atoms with Gasteiger partial charge in [-0.2, -0.15) is 0 Å². The van der Waals surface area contributed by atoms with Crippen LogP contribution in [0.25, 0.3) is 0 Å². The SMILES string of the molecule is CCCC(=O)NC1CCC(OCCCC(N)=O)CC1. The fraction of sp³-hybridized carbons (Fsp3) is 0.857. The molecule has 0 saturated heterocycles. The Balaban J connectivity index is 2.08. The highest BCUT2D eigenvalue weighted by molar-refractivity contribution is 5.76. The van der Waals surface area contributed by atoms with Crippen LogP contribution in [0.1, 0.15) is 58.3 Å². The first-order valence-corrected chi connectivity index (χ1v) is 7.31. The molecule has 0 radical (unpaired) electrons. The Morgan fingerprint density at radius 3 is 2.47 bits per heavy atom. The molecule has 0 aromatic carbocycles. The van der Waals surface area contributed by atoms with Crippen LogP contribution in [0.3, 0.4) is 0 Å². The summed E-state index contributed by atoms with van der Waals surface area (Å²) in [5.74, 6) is -0.112. The minimum Gasteiger partial charge on any atom is -0.378 e. The third-order valence-corrected chi connectivity index (χ3v) is 3.44. The summed E-state index contributed by atoms with van der Waals surface area (Å²) in [7, 11) is 0. The van der Waals surface area contributed by atoms with Crippen LogP contribution in [0.2, 0.25) is 0 Å². The van der Waals surface area contributed by atoms with E-state index in [-0.39, 0.29) is 17.9 Å². The molecule has 0 aromatic rings. The molecule has 1 saturated carbocycles. The van der Waals surface area contributed by atoms with E-state index in [0.717, 1.165) is 32.1 Å². The van der Waals surface area contributed by atoms with Crippen molar-refractivity contribution >= 4 is 11.8 Å². The molecule has 1 rings (SSSR count). The van der Waals surface area contributed by atoms with E-state index in [4.69, 9.17) is 10.5 Å². The Kier molecular flexibility index (Phi) is 7.48. The normalized spacial score (nSPS) is 23.0. The summed E-state index contributed by atoms with van der Waals surface area (Å²) >= 11 is 0.